The van der Waals surface area contributed by atoms with Crippen LogP contribution in [0.2, 0.25) is 0 Å². The molecule has 2 heterocycles. The summed E-state index contributed by atoms with van der Waals surface area (Å²) in [4.78, 5) is 32.2. The van der Waals surface area contributed by atoms with Gasteiger partial charge in [0, 0.05) is 24.0 Å². The molecule has 0 radical (unpaired) electrons. The summed E-state index contributed by atoms with van der Waals surface area (Å²) in [5.74, 6) is -0.375. The summed E-state index contributed by atoms with van der Waals surface area (Å²) in [7, 11) is 1.18. The van der Waals surface area contributed by atoms with Crippen LogP contribution in [-0.2, 0) is 4.84 Å². The monoisotopic (exact) mass is 264 g/mol. The van der Waals surface area contributed by atoms with Gasteiger partial charge in [0.25, 0.3) is 10.5 Å². The molecule has 0 bridgehead atoms. The van der Waals surface area contributed by atoms with Gasteiger partial charge in [-0.05, 0) is 5.92 Å². The van der Waals surface area contributed by atoms with E-state index in [1.807, 2.05) is 13.8 Å². The second-order valence-electron chi connectivity index (χ2n) is 4.36. The summed E-state index contributed by atoms with van der Waals surface area (Å²) in [5, 5.41) is 9.96. The Morgan fingerprint density at radius 2 is 2.16 bits per heavy atom. The Balaban J connectivity index is 2.77. The Morgan fingerprint density at radius 3 is 2.74 bits per heavy atom. The summed E-state index contributed by atoms with van der Waals surface area (Å²) in [6.07, 6.45) is 2.79. The minimum absolute atomic E-state index is 0.0183. The molecule has 0 amide bonds. The number of nitrogens with zero attached hydrogens (tertiary/aromatic N) is 3. The maximum atomic E-state index is 12.2. The number of pyridine rings is 1. The van der Waals surface area contributed by atoms with Gasteiger partial charge in [-0.1, -0.05) is 13.8 Å². The van der Waals surface area contributed by atoms with Crippen LogP contribution in [0.5, 0.6) is 5.75 Å². The molecule has 100 valence electrons. The first-order valence-corrected chi connectivity index (χ1v) is 5.72. The molecule has 0 aromatic carbocycles. The van der Waals surface area contributed by atoms with E-state index in [0.29, 0.717) is 5.56 Å². The molecule has 0 unspecified atom stereocenters. The minimum atomic E-state index is -0.397. The molecular weight excluding hydrogens is 250 g/mol. The molecule has 0 atom stereocenters. The van der Waals surface area contributed by atoms with Crippen molar-refractivity contribution in [2.75, 3.05) is 7.11 Å². The molecule has 2 rings (SSSR count). The van der Waals surface area contributed by atoms with E-state index in [4.69, 9.17) is 0 Å². The molecule has 0 saturated heterocycles. The number of aromatic hydroxyl groups is 1. The number of hydrogen-bond donors (Lipinski definition) is 1. The van der Waals surface area contributed by atoms with Gasteiger partial charge in [-0.3, -0.25) is 9.20 Å². The maximum absolute atomic E-state index is 12.2. The standard InChI is InChI=1S/C12H13N3O4/c1-7(2)8-6-13-11-10(16)9(15(18)19-3)4-5-14(11)12(8)17/h4-7H,1-3H3/p+1. The van der Waals surface area contributed by atoms with E-state index in [9.17, 15) is 14.8 Å². The molecule has 7 heteroatoms. The topological polar surface area (TPSA) is 83.9 Å². The highest BCUT2D eigenvalue weighted by Gasteiger charge is 2.24. The lowest BCUT2D eigenvalue weighted by Gasteiger charge is -2.07. The van der Waals surface area contributed by atoms with E-state index >= 15 is 0 Å². The highest BCUT2D eigenvalue weighted by atomic mass is 16.8. The van der Waals surface area contributed by atoms with Crippen LogP contribution >= 0.6 is 0 Å². The zero-order valence-electron chi connectivity index (χ0n) is 10.8. The molecular formula is C12H14N3O4+. The third kappa shape index (κ3) is 2.03. The van der Waals surface area contributed by atoms with E-state index in [0.717, 1.165) is 0 Å². The Kier molecular flexibility index (Phi) is 3.20. The third-order valence-corrected chi connectivity index (χ3v) is 2.84. The quantitative estimate of drug-likeness (QED) is 0.849. The fourth-order valence-electron chi connectivity index (χ4n) is 1.78. The van der Waals surface area contributed by atoms with Gasteiger partial charge in [-0.2, -0.15) is 0 Å². The molecule has 7 nitrogen and oxygen atoms in total. The summed E-state index contributed by atoms with van der Waals surface area (Å²) >= 11 is 0. The molecule has 2 aromatic heterocycles. The lowest BCUT2D eigenvalue weighted by molar-refractivity contribution is -0.736. The molecule has 0 aliphatic heterocycles. The van der Waals surface area contributed by atoms with E-state index in [-0.39, 0.29) is 27.7 Å². The number of rotatable bonds is 3. The second-order valence-corrected chi connectivity index (χ2v) is 4.36. The summed E-state index contributed by atoms with van der Waals surface area (Å²) in [6, 6.07) is 1.30. The van der Waals surface area contributed by atoms with Gasteiger partial charge in [-0.15, -0.1) is 0 Å². The number of hydrogen-bond acceptors (Lipinski definition) is 5. The van der Waals surface area contributed by atoms with Gasteiger partial charge in [0.2, 0.25) is 5.75 Å². The van der Waals surface area contributed by atoms with Crippen molar-refractivity contribution >= 4 is 11.3 Å². The van der Waals surface area contributed by atoms with Crippen molar-refractivity contribution < 1.29 is 14.9 Å². The fourth-order valence-corrected chi connectivity index (χ4v) is 1.78. The van der Waals surface area contributed by atoms with E-state index in [2.05, 4.69) is 9.82 Å². The van der Waals surface area contributed by atoms with Crippen LogP contribution in [0.15, 0.2) is 23.3 Å². The van der Waals surface area contributed by atoms with Gasteiger partial charge in [0.05, 0.1) is 4.91 Å². The van der Waals surface area contributed by atoms with Gasteiger partial charge in [-0.25, -0.2) is 9.82 Å². The molecule has 0 spiro atoms. The molecule has 0 saturated carbocycles. The van der Waals surface area contributed by atoms with Crippen molar-refractivity contribution in [1.82, 2.24) is 9.38 Å². The smallest absolute Gasteiger partial charge is 0.363 e. The summed E-state index contributed by atoms with van der Waals surface area (Å²) < 4.78 is 1.21. The van der Waals surface area contributed by atoms with Crippen molar-refractivity contribution in [2.24, 2.45) is 0 Å². The fraction of sp³-hybridized carbons (Fsp3) is 0.333. The second kappa shape index (κ2) is 4.68. The molecule has 1 N–H and O–H groups in total. The molecule has 0 aliphatic rings. The van der Waals surface area contributed by atoms with Crippen molar-refractivity contribution in [1.29, 1.82) is 0 Å². The predicted octanol–water partition coefficient (Wildman–Crippen LogP) is 1.50. The zero-order valence-corrected chi connectivity index (χ0v) is 10.8. The Hall–Kier alpha value is -2.44. The summed E-state index contributed by atoms with van der Waals surface area (Å²) in [5.41, 5.74) is 0.184. The third-order valence-electron chi connectivity index (χ3n) is 2.84. The molecule has 19 heavy (non-hydrogen) atoms. The van der Waals surface area contributed by atoms with Gasteiger partial charge in [0.15, 0.2) is 12.8 Å². The van der Waals surface area contributed by atoms with E-state index in [1.165, 1.54) is 30.0 Å². The van der Waals surface area contributed by atoms with Crippen LogP contribution in [0.1, 0.15) is 25.3 Å². The predicted molar refractivity (Wildman–Crippen MR) is 67.5 cm³/mol. The van der Waals surface area contributed by atoms with Crippen molar-refractivity contribution in [3.8, 4) is 5.75 Å². The normalized spacial score (nSPS) is 10.9. The first-order valence-electron chi connectivity index (χ1n) is 5.72. The zero-order chi connectivity index (χ0) is 14.2. The average Bonchev–Trinajstić information content (AvgIpc) is 2.39. The first-order chi connectivity index (χ1) is 8.97. The van der Waals surface area contributed by atoms with Crippen molar-refractivity contribution in [3.63, 3.8) is 0 Å². The average molecular weight is 264 g/mol. The van der Waals surface area contributed by atoms with Crippen LogP contribution < -0.4 is 5.56 Å². The Morgan fingerprint density at radius 1 is 1.47 bits per heavy atom. The van der Waals surface area contributed by atoms with Crippen LogP contribution in [-0.4, -0.2) is 26.5 Å². The van der Waals surface area contributed by atoms with E-state index in [1.54, 1.807) is 0 Å². The van der Waals surface area contributed by atoms with E-state index < -0.39 is 5.75 Å². The van der Waals surface area contributed by atoms with Crippen LogP contribution in [0, 0.1) is 4.91 Å². The maximum Gasteiger partial charge on any atom is 0.363 e. The number of fused-ring (bicyclic) bond motifs is 1. The van der Waals surface area contributed by atoms with Crippen LogP contribution in [0.25, 0.3) is 5.65 Å². The Bertz CT molecular complexity index is 706. The molecule has 0 fully saturated rings. The van der Waals surface area contributed by atoms with Crippen LogP contribution in [0.4, 0.5) is 5.69 Å². The van der Waals surface area contributed by atoms with Crippen molar-refractivity contribution in [2.45, 2.75) is 19.8 Å². The highest BCUT2D eigenvalue weighted by Crippen LogP contribution is 2.28. The molecule has 0 aliphatic carbocycles. The van der Waals surface area contributed by atoms with Crippen molar-refractivity contribution in [3.05, 3.63) is 39.3 Å². The van der Waals surface area contributed by atoms with Gasteiger partial charge < -0.3 is 5.11 Å². The molecule has 2 aromatic rings. The highest BCUT2D eigenvalue weighted by molar-refractivity contribution is 5.63. The summed E-state index contributed by atoms with van der Waals surface area (Å²) in [6.45, 7) is 3.76. The SMILES string of the molecule is CO[N+](=O)c1ccn2c(=O)c(C(C)C)cnc2c1O. The lowest BCUT2D eigenvalue weighted by Crippen LogP contribution is -2.20. The lowest BCUT2D eigenvalue weighted by atomic mass is 10.1. The first kappa shape index (κ1) is 13.0. The number of aromatic nitrogens is 2. The largest absolute Gasteiger partial charge is 0.499 e. The Labute approximate surface area is 108 Å². The minimum Gasteiger partial charge on any atom is -0.499 e. The van der Waals surface area contributed by atoms with Crippen LogP contribution in [0.3, 0.4) is 0 Å². The van der Waals surface area contributed by atoms with Gasteiger partial charge in [0.1, 0.15) is 0 Å². The van der Waals surface area contributed by atoms with Gasteiger partial charge >= 0.3 is 5.69 Å².